The third kappa shape index (κ3) is 3.81. The molecular formula is C14H19ClFN3O7. The molecular weight excluding hydrogens is 377 g/mol. The first-order chi connectivity index (χ1) is 12.7. The number of aliphatic hydroxyl groups excluding tert-OH is 2. The first-order valence-electron chi connectivity index (χ1n) is 8.45. The molecule has 0 amide bonds. The summed E-state index contributed by atoms with van der Waals surface area (Å²) in [6, 6.07) is -1.29. The molecule has 1 aromatic rings. The van der Waals surface area contributed by atoms with Gasteiger partial charge in [0.2, 0.25) is 0 Å². The van der Waals surface area contributed by atoms with Crippen LogP contribution in [0.2, 0.25) is 5.02 Å². The molecule has 1 aliphatic heterocycles. The third-order valence-electron chi connectivity index (χ3n) is 3.77. The Morgan fingerprint density at radius 3 is 2.81 bits per heavy atom. The number of ether oxygens (including phenoxy) is 2. The molecule has 0 spiro atoms. The van der Waals surface area contributed by atoms with E-state index in [1.165, 1.54) is 0 Å². The van der Waals surface area contributed by atoms with Gasteiger partial charge in [0.05, 0.1) is 2.74 Å². The number of carbonyl (C=O) groups excluding carboxylic acids is 1. The normalized spacial score (nSPS) is 31.5. The molecule has 0 aromatic carbocycles. The largest absolute Gasteiger partial charge is 0.458 e. The van der Waals surface area contributed by atoms with E-state index in [4.69, 9.17) is 24.8 Å². The van der Waals surface area contributed by atoms with Gasteiger partial charge in [0.25, 0.3) is 11.4 Å². The van der Waals surface area contributed by atoms with Crippen LogP contribution >= 0.6 is 11.6 Å². The van der Waals surface area contributed by atoms with Crippen molar-refractivity contribution in [3.05, 3.63) is 32.1 Å². The van der Waals surface area contributed by atoms with Gasteiger partial charge >= 0.3 is 11.7 Å². The van der Waals surface area contributed by atoms with Gasteiger partial charge < -0.3 is 25.4 Å². The van der Waals surface area contributed by atoms with Gasteiger partial charge in [0.1, 0.15) is 23.3 Å². The SMILES string of the molecule is [2H]C([2H])(OC(=O)[C@@H](N)C(C)C)[C@@]1(F)O[C@@H](n2cc(Cl)c(=O)[nH]c2=O)[C@H](O)[C@@H]1O. The van der Waals surface area contributed by atoms with Gasteiger partial charge in [-0.1, -0.05) is 25.4 Å². The summed E-state index contributed by atoms with van der Waals surface area (Å²) in [7, 11) is 0. The van der Waals surface area contributed by atoms with Crippen molar-refractivity contribution in [3.63, 3.8) is 0 Å². The van der Waals surface area contributed by atoms with Crippen molar-refractivity contribution in [3.8, 4) is 0 Å². The number of H-pyrrole nitrogens is 1. The minimum atomic E-state index is -3.77. The monoisotopic (exact) mass is 397 g/mol. The smallest absolute Gasteiger partial charge is 0.330 e. The Morgan fingerprint density at radius 1 is 1.62 bits per heavy atom. The van der Waals surface area contributed by atoms with E-state index in [1.807, 2.05) is 0 Å². The highest BCUT2D eigenvalue weighted by atomic mass is 35.5. The van der Waals surface area contributed by atoms with Gasteiger partial charge in [-0.25, -0.2) is 9.18 Å². The van der Waals surface area contributed by atoms with Crippen molar-refractivity contribution in [2.24, 2.45) is 11.7 Å². The maximum absolute atomic E-state index is 15.3. The number of aliphatic hydroxyl groups is 2. The summed E-state index contributed by atoms with van der Waals surface area (Å²) in [4.78, 5) is 36.9. The van der Waals surface area contributed by atoms with Crippen LogP contribution in [0.4, 0.5) is 4.39 Å². The predicted molar refractivity (Wildman–Crippen MR) is 86.1 cm³/mol. The van der Waals surface area contributed by atoms with Crippen LogP contribution in [-0.2, 0) is 14.3 Å². The van der Waals surface area contributed by atoms with E-state index in [0.717, 1.165) is 0 Å². The average Bonchev–Trinajstić information content (AvgIpc) is 2.82. The van der Waals surface area contributed by atoms with Crippen molar-refractivity contribution in [1.82, 2.24) is 9.55 Å². The van der Waals surface area contributed by atoms with Gasteiger partial charge in [-0.15, -0.1) is 0 Å². The first-order valence-corrected chi connectivity index (χ1v) is 7.83. The lowest BCUT2D eigenvalue weighted by Gasteiger charge is -2.24. The second-order valence-electron chi connectivity index (χ2n) is 6.03. The van der Waals surface area contributed by atoms with Crippen molar-refractivity contribution >= 4 is 17.6 Å². The number of hydrogen-bond acceptors (Lipinski definition) is 8. The van der Waals surface area contributed by atoms with Gasteiger partial charge in [-0.2, -0.15) is 0 Å². The molecule has 12 heteroatoms. The van der Waals surface area contributed by atoms with Crippen LogP contribution in [0.3, 0.4) is 0 Å². The highest BCUT2D eigenvalue weighted by molar-refractivity contribution is 6.30. The van der Waals surface area contributed by atoms with Crippen LogP contribution in [-0.4, -0.2) is 56.4 Å². The molecule has 1 aliphatic rings. The van der Waals surface area contributed by atoms with E-state index in [0.29, 0.717) is 10.8 Å². The molecule has 2 rings (SSSR count). The van der Waals surface area contributed by atoms with Crippen LogP contribution in [0.1, 0.15) is 22.8 Å². The molecule has 10 nitrogen and oxygen atoms in total. The number of nitrogens with zero attached hydrogens (tertiary/aromatic N) is 1. The lowest BCUT2D eigenvalue weighted by Crippen LogP contribution is -2.46. The molecule has 0 unspecified atom stereocenters. The zero-order valence-corrected chi connectivity index (χ0v) is 14.4. The Balaban J connectivity index is 2.38. The van der Waals surface area contributed by atoms with Gasteiger partial charge in [-0.3, -0.25) is 19.1 Å². The van der Waals surface area contributed by atoms with Crippen molar-refractivity contribution < 1.29 is 31.6 Å². The maximum atomic E-state index is 15.3. The number of aromatic amines is 1. The predicted octanol–water partition coefficient (Wildman–Crippen LogP) is -1.37. The van der Waals surface area contributed by atoms with E-state index < -0.39 is 65.1 Å². The summed E-state index contributed by atoms with van der Waals surface area (Å²) in [5.74, 6) is -5.55. The Bertz CT molecular complexity index is 879. The number of esters is 1. The van der Waals surface area contributed by atoms with E-state index in [9.17, 15) is 24.6 Å². The van der Waals surface area contributed by atoms with Crippen molar-refractivity contribution in [2.45, 2.75) is 44.2 Å². The minimum absolute atomic E-state index is 0.455. The minimum Gasteiger partial charge on any atom is -0.458 e. The summed E-state index contributed by atoms with van der Waals surface area (Å²) in [5, 5.41) is 19.6. The fourth-order valence-electron chi connectivity index (χ4n) is 2.11. The van der Waals surface area contributed by atoms with Gasteiger partial charge in [0, 0.05) is 6.20 Å². The maximum Gasteiger partial charge on any atom is 0.330 e. The molecule has 26 heavy (non-hydrogen) atoms. The fraction of sp³-hybridized carbons (Fsp3) is 0.643. The summed E-state index contributed by atoms with van der Waals surface area (Å²) >= 11 is 5.59. The number of aromatic nitrogens is 2. The second-order valence-corrected chi connectivity index (χ2v) is 6.43. The van der Waals surface area contributed by atoms with Crippen LogP contribution in [0.25, 0.3) is 0 Å². The molecule has 5 N–H and O–H groups in total. The average molecular weight is 398 g/mol. The summed E-state index contributed by atoms with van der Waals surface area (Å²) in [5.41, 5.74) is 3.39. The number of carbonyl (C=O) groups is 1. The number of nitrogens with one attached hydrogen (secondary N) is 1. The van der Waals surface area contributed by atoms with Crippen molar-refractivity contribution in [1.29, 1.82) is 0 Å². The summed E-state index contributed by atoms with van der Waals surface area (Å²) < 4.78 is 40.4. The molecule has 1 aromatic heterocycles. The lowest BCUT2D eigenvalue weighted by atomic mass is 10.1. The van der Waals surface area contributed by atoms with Crippen LogP contribution in [0, 0.1) is 5.92 Å². The molecule has 1 fully saturated rings. The Hall–Kier alpha value is -1.79. The third-order valence-corrected chi connectivity index (χ3v) is 4.04. The van der Waals surface area contributed by atoms with Crippen LogP contribution in [0.15, 0.2) is 15.8 Å². The number of halogens is 2. The molecule has 0 saturated carbocycles. The highest BCUT2D eigenvalue weighted by Crippen LogP contribution is 2.38. The molecule has 5 atom stereocenters. The number of nitrogens with two attached hydrogens (primary N) is 1. The molecule has 2 heterocycles. The molecule has 0 bridgehead atoms. The highest BCUT2D eigenvalue weighted by Gasteiger charge is 2.57. The van der Waals surface area contributed by atoms with E-state index in [1.54, 1.807) is 18.8 Å². The van der Waals surface area contributed by atoms with E-state index >= 15 is 4.39 Å². The Kier molecular flexibility index (Phi) is 5.05. The number of alkyl halides is 1. The summed E-state index contributed by atoms with van der Waals surface area (Å²) in [6.07, 6.45) is -6.04. The second kappa shape index (κ2) is 7.45. The Morgan fingerprint density at radius 2 is 2.23 bits per heavy atom. The van der Waals surface area contributed by atoms with Crippen LogP contribution in [0.5, 0.6) is 0 Å². The quantitative estimate of drug-likeness (QED) is 0.443. The Labute approximate surface area is 154 Å². The van der Waals surface area contributed by atoms with Gasteiger partial charge in [-0.05, 0) is 5.92 Å². The molecule has 0 radical (unpaired) electrons. The number of hydrogen-bond donors (Lipinski definition) is 4. The lowest BCUT2D eigenvalue weighted by molar-refractivity contribution is -0.217. The standard InChI is InChI=1S/C14H19ClFN3O7/c1-5(2)7(17)12(23)25-4-14(16)9(21)8(20)11(26-14)19-3-6(15)10(22)18-13(19)24/h3,5,7-9,11,20-21H,4,17H2,1-2H3,(H,18,22,24)/t7-,8+,9-,11+,14+/m0/s1/i4D2. The first kappa shape index (κ1) is 17.6. The molecule has 1 saturated heterocycles. The van der Waals surface area contributed by atoms with E-state index in [-0.39, 0.29) is 0 Å². The zero-order chi connectivity index (χ0) is 21.6. The van der Waals surface area contributed by atoms with Gasteiger partial charge in [0.15, 0.2) is 12.8 Å². The summed E-state index contributed by atoms with van der Waals surface area (Å²) in [6.45, 7) is -0.513. The molecule has 146 valence electrons. The van der Waals surface area contributed by atoms with Crippen LogP contribution < -0.4 is 17.0 Å². The number of rotatable bonds is 5. The fourth-order valence-corrected chi connectivity index (χ4v) is 2.26. The van der Waals surface area contributed by atoms with Crippen molar-refractivity contribution in [2.75, 3.05) is 6.56 Å². The van der Waals surface area contributed by atoms with E-state index in [2.05, 4.69) is 4.74 Å². The zero-order valence-electron chi connectivity index (χ0n) is 15.7. The topological polar surface area (TPSA) is 157 Å². The molecule has 0 aliphatic carbocycles.